The van der Waals surface area contributed by atoms with Crippen LogP contribution in [-0.4, -0.2) is 111 Å². The normalized spacial score (nSPS) is 15.8. The Labute approximate surface area is 293 Å². The molecule has 0 unspecified atom stereocenters. The van der Waals surface area contributed by atoms with E-state index < -0.39 is 24.1 Å². The summed E-state index contributed by atoms with van der Waals surface area (Å²) in [6, 6.07) is 7.74. The number of aromatic nitrogens is 1. The van der Waals surface area contributed by atoms with Crippen molar-refractivity contribution in [3.05, 3.63) is 52.4 Å². The highest BCUT2D eigenvalue weighted by Crippen LogP contribution is 2.20. The van der Waals surface area contributed by atoms with Crippen molar-refractivity contribution in [3.8, 4) is 0 Å². The zero-order chi connectivity index (χ0) is 35.1. The molecule has 0 saturated carbocycles. The average molecular weight is 711 g/mol. The molecule has 1 aliphatic heterocycles. The Kier molecular flexibility index (Phi) is 19.7. The highest BCUT2D eigenvalue weighted by Gasteiger charge is 2.39. The first kappa shape index (κ1) is 40.2. The number of benzene rings is 1. The fraction of sp³-hybridized carbons (Fsp3) is 0.647. The van der Waals surface area contributed by atoms with E-state index >= 15 is 0 Å². The molecule has 3 rings (SSSR count). The number of carbonyl (C=O) groups excluding carboxylic acids is 3. The van der Waals surface area contributed by atoms with Crippen LogP contribution in [0.4, 0.5) is 4.79 Å². The number of aliphatic hydroxyl groups excluding tert-OH is 1. The quantitative estimate of drug-likeness (QED) is 0.129. The Hall–Kier alpha value is -3.27. The fourth-order valence-corrected chi connectivity index (χ4v) is 5.12. The van der Waals surface area contributed by atoms with Gasteiger partial charge in [0.1, 0.15) is 24.1 Å². The van der Waals surface area contributed by atoms with Crippen molar-refractivity contribution in [2.75, 3.05) is 65.9 Å². The molecule has 274 valence electrons. The number of ether oxygens (including phenoxy) is 5. The summed E-state index contributed by atoms with van der Waals surface area (Å²) in [6.45, 7) is 6.54. The fourth-order valence-electron chi connectivity index (χ4n) is 4.99. The van der Waals surface area contributed by atoms with E-state index in [9.17, 15) is 19.5 Å². The molecule has 0 spiro atoms. The summed E-state index contributed by atoms with van der Waals surface area (Å²) in [5.74, 6) is -0.518. The Balaban J connectivity index is 1.19. The number of likely N-dealkylation sites (tertiary alicyclic amines) is 1. The molecule has 1 aromatic heterocycles. The molecule has 2 heterocycles. The van der Waals surface area contributed by atoms with Gasteiger partial charge >= 0.3 is 6.09 Å². The SMILES string of the molecule is CCCCCCCOCCOCCOCCOCCNC(=O)OCc1cc(CC(=O)N2C[C@H](O)C[C@H]2C(=O)NCc2ccc(Cl)cc2)on1. The first-order chi connectivity index (χ1) is 23.9. The topological polar surface area (TPSA) is 171 Å². The summed E-state index contributed by atoms with van der Waals surface area (Å²) < 4.78 is 32.3. The van der Waals surface area contributed by atoms with Gasteiger partial charge in [-0.1, -0.05) is 61.5 Å². The molecule has 1 saturated heterocycles. The number of nitrogens with one attached hydrogen (secondary N) is 2. The van der Waals surface area contributed by atoms with E-state index in [1.54, 1.807) is 24.3 Å². The smallest absolute Gasteiger partial charge is 0.407 e. The van der Waals surface area contributed by atoms with Gasteiger partial charge in [0.2, 0.25) is 11.8 Å². The monoisotopic (exact) mass is 710 g/mol. The largest absolute Gasteiger partial charge is 0.443 e. The Morgan fingerprint density at radius 2 is 1.57 bits per heavy atom. The third-order valence-electron chi connectivity index (χ3n) is 7.59. The minimum Gasteiger partial charge on any atom is -0.443 e. The van der Waals surface area contributed by atoms with Crippen LogP contribution in [0.15, 0.2) is 34.9 Å². The van der Waals surface area contributed by atoms with Gasteiger partial charge in [0.25, 0.3) is 0 Å². The lowest BCUT2D eigenvalue weighted by Crippen LogP contribution is -2.46. The molecule has 1 aromatic carbocycles. The van der Waals surface area contributed by atoms with Crippen molar-refractivity contribution in [2.24, 2.45) is 0 Å². The van der Waals surface area contributed by atoms with E-state index in [2.05, 4.69) is 22.7 Å². The number of alkyl carbamates (subject to hydrolysis) is 1. The zero-order valence-corrected chi connectivity index (χ0v) is 29.1. The second-order valence-corrected chi connectivity index (χ2v) is 12.1. The lowest BCUT2D eigenvalue weighted by atomic mass is 10.1. The number of halogens is 1. The molecular formula is C34H51ClN4O10. The van der Waals surface area contributed by atoms with Crippen molar-refractivity contribution in [1.29, 1.82) is 0 Å². The van der Waals surface area contributed by atoms with Gasteiger partial charge in [0.05, 0.1) is 58.8 Å². The van der Waals surface area contributed by atoms with Crippen LogP contribution in [0.25, 0.3) is 0 Å². The summed E-state index contributed by atoms with van der Waals surface area (Å²) in [6.07, 6.45) is 4.60. The predicted octanol–water partition coefficient (Wildman–Crippen LogP) is 3.41. The Morgan fingerprint density at radius 3 is 2.27 bits per heavy atom. The average Bonchev–Trinajstić information content (AvgIpc) is 3.72. The molecule has 0 aliphatic carbocycles. The molecule has 0 radical (unpaired) electrons. The molecule has 3 amide bonds. The number of carbonyl (C=O) groups is 3. The first-order valence-electron chi connectivity index (χ1n) is 17.0. The standard InChI is InChI=1S/C34H51ClN4O10/c1-2-3-4-5-6-12-44-14-16-46-18-19-47-17-15-45-13-11-36-34(43)48-25-28-20-30(49-38-28)22-32(41)39-24-29(40)21-31(39)33(42)37-23-26-7-9-27(35)10-8-26/h7-10,20,29,31,40H,2-6,11-19,21-25H2,1H3,(H,36,43)(H,37,42)/t29-,31+/m1/s1. The first-order valence-corrected chi connectivity index (χ1v) is 17.4. The highest BCUT2D eigenvalue weighted by molar-refractivity contribution is 6.30. The maximum absolute atomic E-state index is 13.0. The minimum absolute atomic E-state index is 0.0312. The van der Waals surface area contributed by atoms with Gasteiger partial charge in [-0.25, -0.2) is 4.79 Å². The lowest BCUT2D eigenvalue weighted by Gasteiger charge is -2.23. The van der Waals surface area contributed by atoms with Gasteiger partial charge in [0.15, 0.2) is 0 Å². The van der Waals surface area contributed by atoms with Crippen molar-refractivity contribution in [2.45, 2.75) is 77.2 Å². The van der Waals surface area contributed by atoms with Gasteiger partial charge < -0.3 is 48.8 Å². The second-order valence-electron chi connectivity index (χ2n) is 11.6. The molecule has 1 fully saturated rings. The van der Waals surface area contributed by atoms with Gasteiger partial charge in [-0.15, -0.1) is 0 Å². The molecule has 15 heteroatoms. The number of nitrogens with zero attached hydrogens (tertiary/aromatic N) is 2. The van der Waals surface area contributed by atoms with Gasteiger partial charge in [-0.3, -0.25) is 9.59 Å². The van der Waals surface area contributed by atoms with E-state index in [-0.39, 0.29) is 57.4 Å². The van der Waals surface area contributed by atoms with E-state index in [0.717, 1.165) is 18.6 Å². The van der Waals surface area contributed by atoms with Crippen LogP contribution in [0, 0.1) is 0 Å². The Bertz CT molecular complexity index is 1230. The second kappa shape index (κ2) is 24.0. The lowest BCUT2D eigenvalue weighted by molar-refractivity contribution is -0.138. The van der Waals surface area contributed by atoms with E-state index in [4.69, 9.17) is 39.8 Å². The van der Waals surface area contributed by atoms with Crippen molar-refractivity contribution >= 4 is 29.5 Å². The van der Waals surface area contributed by atoms with Crippen molar-refractivity contribution < 1.29 is 47.7 Å². The third kappa shape index (κ3) is 16.8. The van der Waals surface area contributed by atoms with Crippen LogP contribution in [0.2, 0.25) is 5.02 Å². The molecule has 49 heavy (non-hydrogen) atoms. The van der Waals surface area contributed by atoms with Crippen molar-refractivity contribution in [3.63, 3.8) is 0 Å². The van der Waals surface area contributed by atoms with Crippen LogP contribution in [0.5, 0.6) is 0 Å². The van der Waals surface area contributed by atoms with Gasteiger partial charge in [-0.2, -0.15) is 0 Å². The van der Waals surface area contributed by atoms with Gasteiger partial charge in [0, 0.05) is 43.8 Å². The minimum atomic E-state index is -0.818. The molecule has 0 bridgehead atoms. The van der Waals surface area contributed by atoms with Crippen LogP contribution >= 0.6 is 11.6 Å². The molecular weight excluding hydrogens is 660 g/mol. The summed E-state index contributed by atoms with van der Waals surface area (Å²) in [5, 5.41) is 20.0. The van der Waals surface area contributed by atoms with Crippen molar-refractivity contribution in [1.82, 2.24) is 20.7 Å². The maximum Gasteiger partial charge on any atom is 0.407 e. The highest BCUT2D eigenvalue weighted by atomic mass is 35.5. The number of rotatable bonds is 25. The zero-order valence-electron chi connectivity index (χ0n) is 28.4. The number of β-amino-alcohol motifs (C(OH)–C–C–N with tert-alkyl or cyclic N) is 1. The van der Waals surface area contributed by atoms with Gasteiger partial charge in [-0.05, 0) is 24.1 Å². The molecule has 1 aliphatic rings. The maximum atomic E-state index is 13.0. The third-order valence-corrected chi connectivity index (χ3v) is 7.84. The Morgan fingerprint density at radius 1 is 0.918 bits per heavy atom. The number of aliphatic hydroxyl groups is 1. The summed E-state index contributed by atoms with van der Waals surface area (Å²) in [5.41, 5.74) is 1.17. The number of hydrogen-bond acceptors (Lipinski definition) is 11. The van der Waals surface area contributed by atoms with Crippen LogP contribution in [0.3, 0.4) is 0 Å². The van der Waals surface area contributed by atoms with Crippen LogP contribution in [0.1, 0.15) is 62.5 Å². The summed E-state index contributed by atoms with van der Waals surface area (Å²) in [7, 11) is 0. The molecule has 2 aromatic rings. The summed E-state index contributed by atoms with van der Waals surface area (Å²) in [4.78, 5) is 39.2. The number of hydrogen-bond donors (Lipinski definition) is 3. The van der Waals surface area contributed by atoms with Crippen LogP contribution < -0.4 is 10.6 Å². The van der Waals surface area contributed by atoms with E-state index in [1.165, 1.54) is 36.6 Å². The molecule has 3 N–H and O–H groups in total. The molecule has 14 nitrogen and oxygen atoms in total. The number of unbranched alkanes of at least 4 members (excludes halogenated alkanes) is 4. The van der Waals surface area contributed by atoms with E-state index in [0.29, 0.717) is 50.4 Å². The predicted molar refractivity (Wildman–Crippen MR) is 180 cm³/mol. The van der Waals surface area contributed by atoms with E-state index in [1.807, 2.05) is 0 Å². The number of amides is 3. The van der Waals surface area contributed by atoms with Crippen LogP contribution in [-0.2, 0) is 52.8 Å². The summed E-state index contributed by atoms with van der Waals surface area (Å²) >= 11 is 5.91. The molecule has 2 atom stereocenters.